The van der Waals surface area contributed by atoms with Gasteiger partial charge in [0.05, 0.1) is 17.8 Å². The molecule has 1 aromatic carbocycles. The zero-order valence-corrected chi connectivity index (χ0v) is 11.7. The monoisotopic (exact) mass is 262 g/mol. The van der Waals surface area contributed by atoms with Gasteiger partial charge in [-0.15, -0.1) is 0 Å². The Balaban J connectivity index is 2.18. The number of aromatic nitrogens is 2. The average molecular weight is 262 g/mol. The Morgan fingerprint density at radius 1 is 1.32 bits per heavy atom. The SMILES string of the molecule is COCCN(CCN)Cc1nn(C)c2ccccc12. The zero-order chi connectivity index (χ0) is 13.7. The number of nitrogens with two attached hydrogens (primary N) is 1. The van der Waals surface area contributed by atoms with E-state index in [9.17, 15) is 0 Å². The van der Waals surface area contributed by atoms with Crippen LogP contribution in [-0.4, -0.2) is 48.0 Å². The minimum atomic E-state index is 0.647. The van der Waals surface area contributed by atoms with Crippen molar-refractivity contribution < 1.29 is 4.74 Å². The first-order valence-electron chi connectivity index (χ1n) is 6.58. The Morgan fingerprint density at radius 2 is 2.11 bits per heavy atom. The lowest BCUT2D eigenvalue weighted by Gasteiger charge is -2.20. The highest BCUT2D eigenvalue weighted by Crippen LogP contribution is 2.18. The maximum atomic E-state index is 5.66. The molecule has 0 spiro atoms. The Bertz CT molecular complexity index is 523. The maximum Gasteiger partial charge on any atom is 0.0843 e. The minimum Gasteiger partial charge on any atom is -0.383 e. The number of benzene rings is 1. The van der Waals surface area contributed by atoms with E-state index in [1.165, 1.54) is 5.39 Å². The molecule has 19 heavy (non-hydrogen) atoms. The fourth-order valence-corrected chi connectivity index (χ4v) is 2.29. The van der Waals surface area contributed by atoms with Crippen LogP contribution in [0.2, 0.25) is 0 Å². The van der Waals surface area contributed by atoms with Crippen LogP contribution in [0.4, 0.5) is 0 Å². The molecule has 0 amide bonds. The van der Waals surface area contributed by atoms with Gasteiger partial charge in [0.2, 0.25) is 0 Å². The average Bonchev–Trinajstić information content (AvgIpc) is 2.74. The van der Waals surface area contributed by atoms with E-state index in [1.807, 2.05) is 17.8 Å². The summed E-state index contributed by atoms with van der Waals surface area (Å²) in [6.45, 7) is 3.90. The van der Waals surface area contributed by atoms with Gasteiger partial charge in [-0.3, -0.25) is 9.58 Å². The molecule has 2 N–H and O–H groups in total. The van der Waals surface area contributed by atoms with Gasteiger partial charge in [-0.1, -0.05) is 18.2 Å². The fraction of sp³-hybridized carbons (Fsp3) is 0.500. The number of rotatable bonds is 7. The molecule has 0 saturated carbocycles. The van der Waals surface area contributed by atoms with Crippen molar-refractivity contribution in [2.75, 3.05) is 33.4 Å². The molecule has 0 aliphatic heterocycles. The Kier molecular flexibility index (Phi) is 4.90. The van der Waals surface area contributed by atoms with E-state index in [0.29, 0.717) is 13.2 Å². The zero-order valence-electron chi connectivity index (χ0n) is 11.7. The largest absolute Gasteiger partial charge is 0.383 e. The number of aryl methyl sites for hydroxylation is 1. The molecule has 0 aliphatic carbocycles. The standard InChI is InChI=1S/C14H22N4O/c1-17-14-6-4-3-5-12(14)13(16-17)11-18(8-7-15)9-10-19-2/h3-6H,7-11,15H2,1-2H3. The second-order valence-corrected chi connectivity index (χ2v) is 4.65. The summed E-state index contributed by atoms with van der Waals surface area (Å²) < 4.78 is 7.07. The van der Waals surface area contributed by atoms with Crippen molar-refractivity contribution in [1.82, 2.24) is 14.7 Å². The Morgan fingerprint density at radius 3 is 2.84 bits per heavy atom. The summed E-state index contributed by atoms with van der Waals surface area (Å²) >= 11 is 0. The number of fused-ring (bicyclic) bond motifs is 1. The second kappa shape index (κ2) is 6.65. The second-order valence-electron chi connectivity index (χ2n) is 4.65. The van der Waals surface area contributed by atoms with E-state index >= 15 is 0 Å². The molecule has 0 fully saturated rings. The van der Waals surface area contributed by atoms with Gasteiger partial charge in [0.1, 0.15) is 0 Å². The molecule has 5 nitrogen and oxygen atoms in total. The van der Waals surface area contributed by atoms with Gasteiger partial charge >= 0.3 is 0 Å². The molecule has 0 bridgehead atoms. The fourth-order valence-electron chi connectivity index (χ4n) is 2.29. The normalized spacial score (nSPS) is 11.6. The molecular formula is C14H22N4O. The molecule has 104 valence electrons. The first kappa shape index (κ1) is 14.0. The molecule has 1 heterocycles. The molecule has 0 radical (unpaired) electrons. The number of hydrogen-bond acceptors (Lipinski definition) is 4. The van der Waals surface area contributed by atoms with Gasteiger partial charge in [0.25, 0.3) is 0 Å². The third-order valence-electron chi connectivity index (χ3n) is 3.26. The predicted molar refractivity (Wildman–Crippen MR) is 76.9 cm³/mol. The Labute approximate surface area is 113 Å². The predicted octanol–water partition coefficient (Wildman–Crippen LogP) is 0.980. The van der Waals surface area contributed by atoms with Crippen LogP contribution in [0, 0.1) is 0 Å². The number of hydrogen-bond donors (Lipinski definition) is 1. The topological polar surface area (TPSA) is 56.3 Å². The van der Waals surface area contributed by atoms with Gasteiger partial charge in [-0.05, 0) is 6.07 Å². The van der Waals surface area contributed by atoms with E-state index in [4.69, 9.17) is 10.5 Å². The summed E-state index contributed by atoms with van der Waals surface area (Å²) in [5.74, 6) is 0. The van der Waals surface area contributed by atoms with Crippen LogP contribution in [0.5, 0.6) is 0 Å². The van der Waals surface area contributed by atoms with Crippen molar-refractivity contribution >= 4 is 10.9 Å². The highest BCUT2D eigenvalue weighted by Gasteiger charge is 2.12. The summed E-state index contributed by atoms with van der Waals surface area (Å²) in [4.78, 5) is 2.28. The van der Waals surface area contributed by atoms with Crippen molar-refractivity contribution in [3.63, 3.8) is 0 Å². The quantitative estimate of drug-likeness (QED) is 0.808. The summed E-state index contributed by atoms with van der Waals surface area (Å²) in [7, 11) is 3.70. The van der Waals surface area contributed by atoms with Crippen LogP contribution in [0.15, 0.2) is 24.3 Å². The smallest absolute Gasteiger partial charge is 0.0843 e. The first-order valence-corrected chi connectivity index (χ1v) is 6.58. The first-order chi connectivity index (χ1) is 9.26. The molecular weight excluding hydrogens is 240 g/mol. The number of methoxy groups -OCH3 is 1. The van der Waals surface area contributed by atoms with Crippen LogP contribution >= 0.6 is 0 Å². The van der Waals surface area contributed by atoms with Crippen molar-refractivity contribution in [2.24, 2.45) is 12.8 Å². The van der Waals surface area contributed by atoms with Crippen LogP contribution in [0.3, 0.4) is 0 Å². The van der Waals surface area contributed by atoms with Gasteiger partial charge in [0, 0.05) is 45.7 Å². The molecule has 0 unspecified atom stereocenters. The lowest BCUT2D eigenvalue weighted by Crippen LogP contribution is -2.32. The van der Waals surface area contributed by atoms with Crippen LogP contribution < -0.4 is 5.73 Å². The van der Waals surface area contributed by atoms with Crippen molar-refractivity contribution in [1.29, 1.82) is 0 Å². The molecule has 0 saturated heterocycles. The number of ether oxygens (including phenoxy) is 1. The van der Waals surface area contributed by atoms with E-state index in [-0.39, 0.29) is 0 Å². The van der Waals surface area contributed by atoms with E-state index in [2.05, 4.69) is 28.2 Å². The Hall–Kier alpha value is -1.43. The third kappa shape index (κ3) is 3.32. The molecule has 2 aromatic rings. The van der Waals surface area contributed by atoms with Crippen molar-refractivity contribution in [3.8, 4) is 0 Å². The highest BCUT2D eigenvalue weighted by molar-refractivity contribution is 5.81. The van der Waals surface area contributed by atoms with E-state index in [0.717, 1.165) is 30.8 Å². The minimum absolute atomic E-state index is 0.647. The van der Waals surface area contributed by atoms with Crippen molar-refractivity contribution in [3.05, 3.63) is 30.0 Å². The third-order valence-corrected chi connectivity index (χ3v) is 3.26. The van der Waals surface area contributed by atoms with Gasteiger partial charge in [-0.2, -0.15) is 5.10 Å². The van der Waals surface area contributed by atoms with Gasteiger partial charge in [-0.25, -0.2) is 0 Å². The molecule has 2 rings (SSSR count). The molecule has 0 atom stereocenters. The van der Waals surface area contributed by atoms with E-state index in [1.54, 1.807) is 7.11 Å². The number of nitrogens with zero attached hydrogens (tertiary/aromatic N) is 3. The van der Waals surface area contributed by atoms with Crippen LogP contribution in [0.25, 0.3) is 10.9 Å². The summed E-state index contributed by atoms with van der Waals surface area (Å²) in [5, 5.41) is 5.83. The highest BCUT2D eigenvalue weighted by atomic mass is 16.5. The maximum absolute atomic E-state index is 5.66. The molecule has 0 aliphatic rings. The lowest BCUT2D eigenvalue weighted by atomic mass is 10.2. The molecule has 5 heteroatoms. The summed E-state index contributed by atoms with van der Waals surface area (Å²) in [6.07, 6.45) is 0. The summed E-state index contributed by atoms with van der Waals surface area (Å²) in [6, 6.07) is 8.30. The van der Waals surface area contributed by atoms with Crippen LogP contribution in [0.1, 0.15) is 5.69 Å². The van der Waals surface area contributed by atoms with Gasteiger partial charge in [0.15, 0.2) is 0 Å². The van der Waals surface area contributed by atoms with Crippen molar-refractivity contribution in [2.45, 2.75) is 6.54 Å². The van der Waals surface area contributed by atoms with Gasteiger partial charge < -0.3 is 10.5 Å². The van der Waals surface area contributed by atoms with Crippen LogP contribution in [-0.2, 0) is 18.3 Å². The lowest BCUT2D eigenvalue weighted by molar-refractivity contribution is 0.145. The molecule has 1 aromatic heterocycles. The number of para-hydroxylation sites is 1. The summed E-state index contributed by atoms with van der Waals surface area (Å²) in [5.41, 5.74) is 7.93. The van der Waals surface area contributed by atoms with E-state index < -0.39 is 0 Å².